The molecular formula is C20H30ClNO5. The second-order valence-electron chi connectivity index (χ2n) is 6.59. The maximum Gasteiger partial charge on any atom is 1.00 e. The highest BCUT2D eigenvalue weighted by Crippen LogP contribution is 2.19. The molecule has 6 nitrogen and oxygen atoms in total. The van der Waals surface area contributed by atoms with Gasteiger partial charge in [0, 0.05) is 18.5 Å². The van der Waals surface area contributed by atoms with Crippen molar-refractivity contribution in [1.29, 1.82) is 0 Å². The van der Waals surface area contributed by atoms with Crippen molar-refractivity contribution >= 4 is 11.8 Å². The van der Waals surface area contributed by atoms with Crippen molar-refractivity contribution in [3.05, 3.63) is 29.8 Å². The highest BCUT2D eigenvalue weighted by molar-refractivity contribution is 5.95. The number of carbonyl (C=O) groups is 2. The number of esters is 1. The molecule has 27 heavy (non-hydrogen) atoms. The summed E-state index contributed by atoms with van der Waals surface area (Å²) in [5, 5.41) is 10.2. The molecule has 0 aromatic heterocycles. The van der Waals surface area contributed by atoms with E-state index in [1.807, 2.05) is 13.8 Å². The third-order valence-electron chi connectivity index (χ3n) is 4.62. The van der Waals surface area contributed by atoms with Crippen LogP contribution in [0.25, 0.3) is 0 Å². The van der Waals surface area contributed by atoms with Crippen molar-refractivity contribution in [2.45, 2.75) is 39.2 Å². The summed E-state index contributed by atoms with van der Waals surface area (Å²) in [6, 6.07) is 6.99. The summed E-state index contributed by atoms with van der Waals surface area (Å²) in [5.41, 5.74) is 0.671. The van der Waals surface area contributed by atoms with Crippen molar-refractivity contribution in [1.82, 2.24) is 4.90 Å². The first-order valence-corrected chi connectivity index (χ1v) is 9.36. The Labute approximate surface area is 168 Å². The second kappa shape index (κ2) is 12.0. The summed E-state index contributed by atoms with van der Waals surface area (Å²) in [4.78, 5) is 25.5. The molecule has 1 saturated heterocycles. The Morgan fingerprint density at radius 2 is 1.85 bits per heavy atom. The van der Waals surface area contributed by atoms with Gasteiger partial charge < -0.3 is 31.9 Å². The molecule has 1 N–H and O–H groups in total. The third-order valence-corrected chi connectivity index (χ3v) is 4.62. The molecule has 0 radical (unpaired) electrons. The van der Waals surface area contributed by atoms with Gasteiger partial charge in [0.25, 0.3) is 0 Å². The van der Waals surface area contributed by atoms with E-state index < -0.39 is 6.10 Å². The van der Waals surface area contributed by atoms with Gasteiger partial charge in [0.05, 0.1) is 12.5 Å². The number of piperidine rings is 1. The smallest absolute Gasteiger partial charge is 1.00 e. The van der Waals surface area contributed by atoms with Gasteiger partial charge in [-0.15, -0.1) is 0 Å². The predicted molar refractivity (Wildman–Crippen MR) is 99.5 cm³/mol. The molecule has 0 bridgehead atoms. The normalized spacial score (nSPS) is 16.3. The van der Waals surface area contributed by atoms with Crippen LogP contribution in [0.15, 0.2) is 24.3 Å². The van der Waals surface area contributed by atoms with Crippen LogP contribution in [-0.2, 0) is 9.53 Å². The van der Waals surface area contributed by atoms with Crippen molar-refractivity contribution in [2.24, 2.45) is 5.92 Å². The Kier molecular flexibility index (Phi) is 10.4. The minimum Gasteiger partial charge on any atom is -1.00 e. The van der Waals surface area contributed by atoms with E-state index in [1.165, 1.54) is 0 Å². The first-order valence-electron chi connectivity index (χ1n) is 9.36. The lowest BCUT2D eigenvalue weighted by atomic mass is 9.97. The zero-order chi connectivity index (χ0) is 18.9. The summed E-state index contributed by atoms with van der Waals surface area (Å²) < 4.78 is 10.7. The molecule has 0 spiro atoms. The van der Waals surface area contributed by atoms with Crippen molar-refractivity contribution in [2.75, 3.05) is 32.8 Å². The van der Waals surface area contributed by atoms with Gasteiger partial charge in [0.1, 0.15) is 18.5 Å². The fraction of sp³-hybridized carbons (Fsp3) is 0.600. The van der Waals surface area contributed by atoms with Crippen molar-refractivity contribution in [3.8, 4) is 5.75 Å². The number of rotatable bonds is 9. The number of ketones is 1. The number of hydrogen-bond donors (Lipinski definition) is 1. The standard InChI is InChI=1S/C20H29NO5.ClH/c1-3-19(23)15-5-7-18(8-6-15)26-14-17(22)13-21-11-9-16(10-12-21)20(24)25-4-2;/h5-8,16-17,22H,3-4,9-14H2,1-2H3;1H. The molecule has 1 heterocycles. The zero-order valence-corrected chi connectivity index (χ0v) is 16.8. The molecule has 1 fully saturated rings. The number of halogens is 1. The van der Waals surface area contributed by atoms with Gasteiger partial charge >= 0.3 is 7.40 Å². The van der Waals surface area contributed by atoms with Gasteiger partial charge in [-0.25, -0.2) is 0 Å². The zero-order valence-electron chi connectivity index (χ0n) is 17.0. The van der Waals surface area contributed by atoms with E-state index in [1.54, 1.807) is 24.3 Å². The van der Waals surface area contributed by atoms with E-state index in [0.29, 0.717) is 30.9 Å². The number of ether oxygens (including phenoxy) is 2. The summed E-state index contributed by atoms with van der Waals surface area (Å²) in [6.45, 7) is 6.32. The topological polar surface area (TPSA) is 76.1 Å². The van der Waals surface area contributed by atoms with Crippen LogP contribution >= 0.6 is 0 Å². The van der Waals surface area contributed by atoms with Crippen LogP contribution in [-0.4, -0.2) is 60.7 Å². The molecule has 2 rings (SSSR count). The maximum absolute atomic E-state index is 11.7. The molecule has 1 aliphatic heterocycles. The molecule has 0 amide bonds. The van der Waals surface area contributed by atoms with Crippen LogP contribution in [0.2, 0.25) is 0 Å². The molecule has 7 heteroatoms. The largest absolute Gasteiger partial charge is 1.00 e. The first kappa shape index (κ1) is 23.4. The Hall–Kier alpha value is -1.63. The van der Waals surface area contributed by atoms with Crippen LogP contribution in [0, 0.1) is 5.92 Å². The van der Waals surface area contributed by atoms with E-state index in [-0.39, 0.29) is 38.1 Å². The number of aliphatic hydroxyl groups excluding tert-OH is 1. The average molecular weight is 400 g/mol. The van der Waals surface area contributed by atoms with Crippen molar-refractivity contribution in [3.63, 3.8) is 0 Å². The molecule has 0 aliphatic carbocycles. The number of Topliss-reactive ketones (excluding diaryl/α,β-unsaturated/α-hetero) is 1. The van der Waals surface area contributed by atoms with Gasteiger partial charge in [0.2, 0.25) is 0 Å². The quantitative estimate of drug-likeness (QED) is 0.442. The highest BCUT2D eigenvalue weighted by Gasteiger charge is 2.26. The van der Waals surface area contributed by atoms with Gasteiger partial charge in [-0.1, -0.05) is 6.92 Å². The summed E-state index contributed by atoms with van der Waals surface area (Å²) in [7, 11) is 0. The molecule has 1 aromatic carbocycles. The Balaban J connectivity index is 0.00000364. The first-order chi connectivity index (χ1) is 12.5. The van der Waals surface area contributed by atoms with E-state index in [2.05, 4.69) is 4.90 Å². The molecule has 1 aliphatic rings. The lowest BCUT2D eigenvalue weighted by Gasteiger charge is -2.32. The fourth-order valence-corrected chi connectivity index (χ4v) is 3.10. The van der Waals surface area contributed by atoms with Gasteiger partial charge in [0.15, 0.2) is 5.78 Å². The fourth-order valence-electron chi connectivity index (χ4n) is 3.10. The molecule has 1 atom stereocenters. The van der Waals surface area contributed by atoms with Crippen LogP contribution in [0.1, 0.15) is 44.9 Å². The van der Waals surface area contributed by atoms with E-state index in [4.69, 9.17) is 9.47 Å². The maximum atomic E-state index is 11.7. The lowest BCUT2D eigenvalue weighted by Crippen LogP contribution is -3.00. The Morgan fingerprint density at radius 3 is 2.41 bits per heavy atom. The number of aliphatic hydroxyl groups is 1. The molecule has 152 valence electrons. The van der Waals surface area contributed by atoms with Crippen LogP contribution < -0.4 is 17.1 Å². The number of carbonyl (C=O) groups excluding carboxylic acids is 2. The molecule has 1 unspecified atom stereocenters. The Bertz CT molecular complexity index is 591. The number of benzene rings is 1. The number of likely N-dealkylation sites (tertiary alicyclic amines) is 1. The minimum absolute atomic E-state index is 0. The van der Waals surface area contributed by atoms with E-state index in [0.717, 1.165) is 25.9 Å². The van der Waals surface area contributed by atoms with E-state index >= 15 is 0 Å². The van der Waals surface area contributed by atoms with Gasteiger partial charge in [-0.05, 0) is 57.1 Å². The van der Waals surface area contributed by atoms with E-state index in [9.17, 15) is 14.7 Å². The van der Waals surface area contributed by atoms with Crippen LogP contribution in [0.4, 0.5) is 0 Å². The Morgan fingerprint density at radius 1 is 1.22 bits per heavy atom. The van der Waals surface area contributed by atoms with Gasteiger partial charge in [-0.2, -0.15) is 0 Å². The van der Waals surface area contributed by atoms with Crippen molar-refractivity contribution < 1.29 is 38.0 Å². The van der Waals surface area contributed by atoms with Gasteiger partial charge in [-0.3, -0.25) is 9.59 Å². The molecule has 0 saturated carbocycles. The summed E-state index contributed by atoms with van der Waals surface area (Å²) in [5.74, 6) is 0.602. The number of nitrogens with zero attached hydrogens (tertiary/aromatic N) is 1. The second-order valence-corrected chi connectivity index (χ2v) is 6.59. The minimum atomic E-state index is -0.605. The monoisotopic (exact) mass is 399 g/mol. The molecule has 1 aromatic rings. The SMILES string of the molecule is CCOC(=O)C1CCN(CC(O)COc2ccc(C(=O)CC)cc2)CC1.[Cl-].[H+]. The van der Waals surface area contributed by atoms with Crippen LogP contribution in [0.3, 0.4) is 0 Å². The third kappa shape index (κ3) is 7.48. The average Bonchev–Trinajstić information content (AvgIpc) is 2.67. The number of hydrogen-bond acceptors (Lipinski definition) is 6. The summed E-state index contributed by atoms with van der Waals surface area (Å²) >= 11 is 0. The number of β-amino-alcohol motifs (C(OH)–C–C–N with tert-alkyl or cyclic N) is 1. The van der Waals surface area contributed by atoms with Crippen LogP contribution in [0.5, 0.6) is 5.75 Å². The summed E-state index contributed by atoms with van der Waals surface area (Å²) in [6.07, 6.45) is 1.40. The predicted octanol–water partition coefficient (Wildman–Crippen LogP) is -0.589. The lowest BCUT2D eigenvalue weighted by molar-refractivity contribution is -0.149. The highest BCUT2D eigenvalue weighted by atomic mass is 35.5. The molecular weight excluding hydrogens is 370 g/mol.